The summed E-state index contributed by atoms with van der Waals surface area (Å²) in [6.45, 7) is -0.609. The summed E-state index contributed by atoms with van der Waals surface area (Å²) >= 11 is 0. The maximum Gasteiger partial charge on any atom is 0.229 e. The highest BCUT2D eigenvalue weighted by molar-refractivity contribution is 6.29. The Balaban J connectivity index is 1.71. The minimum absolute atomic E-state index is 0.00492. The van der Waals surface area contributed by atoms with E-state index in [9.17, 15) is 30.0 Å². The van der Waals surface area contributed by atoms with Gasteiger partial charge in [0.15, 0.2) is 11.6 Å². The Kier molecular flexibility index (Phi) is 4.74. The van der Waals surface area contributed by atoms with Gasteiger partial charge >= 0.3 is 0 Å². The van der Waals surface area contributed by atoms with E-state index < -0.39 is 43.1 Å². The van der Waals surface area contributed by atoms with E-state index in [4.69, 9.17) is 9.47 Å². The van der Waals surface area contributed by atoms with E-state index in [0.29, 0.717) is 5.56 Å². The molecular weight excluding hydrogens is 368 g/mol. The van der Waals surface area contributed by atoms with Crippen LogP contribution in [-0.2, 0) is 4.74 Å². The Bertz CT molecular complexity index is 938. The van der Waals surface area contributed by atoms with Gasteiger partial charge in [-0.3, -0.25) is 9.59 Å². The number of hydrogen-bond donors (Lipinski definition) is 4. The van der Waals surface area contributed by atoms with E-state index >= 15 is 0 Å². The molecule has 1 saturated heterocycles. The fourth-order valence-corrected chi connectivity index (χ4v) is 3.50. The molecule has 2 aliphatic rings. The third-order valence-electron chi connectivity index (χ3n) is 5.01. The molecule has 8 nitrogen and oxygen atoms in total. The summed E-state index contributed by atoms with van der Waals surface area (Å²) in [4.78, 5) is 25.7. The molecule has 0 aromatic heterocycles. The van der Waals surface area contributed by atoms with Crippen molar-refractivity contribution in [2.24, 2.45) is 0 Å². The zero-order valence-electron chi connectivity index (χ0n) is 14.6. The molecule has 0 saturated carbocycles. The van der Waals surface area contributed by atoms with E-state index in [1.807, 2.05) is 0 Å². The molecule has 1 unspecified atom stereocenters. The molecule has 2 aromatic carbocycles. The van der Waals surface area contributed by atoms with Crippen molar-refractivity contribution in [3.05, 3.63) is 64.7 Å². The standard InChI is InChI=1S/C20H18O8/c21-8-13-17(24)18(25)19(26)20(28-13)27-12-7-3-6-11-14(12)16(23)10-5-2-1-4-9(10)15(11)22/h1-7,13,17-21,24-26H,8H2/t13-,17-,18+,19-,20?/m1/s1. The molecule has 146 valence electrons. The second kappa shape index (κ2) is 7.08. The number of carbonyl (C=O) groups excluding carboxylic acids is 2. The maximum absolute atomic E-state index is 13.0. The molecule has 1 aliphatic carbocycles. The van der Waals surface area contributed by atoms with Crippen LogP contribution in [0.4, 0.5) is 0 Å². The summed E-state index contributed by atoms with van der Waals surface area (Å²) in [6.07, 6.45) is -7.38. The van der Waals surface area contributed by atoms with Crippen LogP contribution in [0.1, 0.15) is 31.8 Å². The predicted molar refractivity (Wildman–Crippen MR) is 94.1 cm³/mol. The van der Waals surface area contributed by atoms with Gasteiger partial charge in [0.1, 0.15) is 30.2 Å². The van der Waals surface area contributed by atoms with Crippen molar-refractivity contribution in [1.82, 2.24) is 0 Å². The van der Waals surface area contributed by atoms with Crippen LogP contribution in [-0.4, -0.2) is 69.3 Å². The minimum Gasteiger partial charge on any atom is -0.461 e. The van der Waals surface area contributed by atoms with Gasteiger partial charge in [-0.15, -0.1) is 0 Å². The molecule has 1 aliphatic heterocycles. The van der Waals surface area contributed by atoms with Crippen molar-refractivity contribution in [2.45, 2.75) is 30.7 Å². The zero-order chi connectivity index (χ0) is 20.0. The van der Waals surface area contributed by atoms with Gasteiger partial charge in [-0.2, -0.15) is 0 Å². The minimum atomic E-state index is -1.63. The van der Waals surface area contributed by atoms with E-state index in [-0.39, 0.29) is 28.2 Å². The molecular formula is C20H18O8. The quantitative estimate of drug-likeness (QED) is 0.480. The molecule has 4 N–H and O–H groups in total. The smallest absolute Gasteiger partial charge is 0.229 e. The molecule has 0 spiro atoms. The second-order valence-corrected chi connectivity index (χ2v) is 6.70. The molecule has 0 bridgehead atoms. The van der Waals surface area contributed by atoms with Crippen LogP contribution in [0.25, 0.3) is 0 Å². The van der Waals surface area contributed by atoms with Crippen molar-refractivity contribution >= 4 is 11.6 Å². The first-order valence-corrected chi connectivity index (χ1v) is 8.72. The van der Waals surface area contributed by atoms with Gasteiger partial charge in [-0.1, -0.05) is 36.4 Å². The lowest BCUT2D eigenvalue weighted by Gasteiger charge is -2.39. The van der Waals surface area contributed by atoms with E-state index in [2.05, 4.69) is 0 Å². The molecule has 4 rings (SSSR count). The first-order valence-electron chi connectivity index (χ1n) is 8.72. The molecule has 5 atom stereocenters. The maximum atomic E-state index is 13.0. The van der Waals surface area contributed by atoms with Crippen LogP contribution >= 0.6 is 0 Å². The van der Waals surface area contributed by atoms with Gasteiger partial charge in [-0.05, 0) is 6.07 Å². The molecule has 1 heterocycles. The summed E-state index contributed by atoms with van der Waals surface area (Å²) in [7, 11) is 0. The van der Waals surface area contributed by atoms with E-state index in [1.165, 1.54) is 18.2 Å². The fraction of sp³-hybridized carbons (Fsp3) is 0.300. The van der Waals surface area contributed by atoms with Crippen LogP contribution in [0.5, 0.6) is 5.75 Å². The van der Waals surface area contributed by atoms with Gasteiger partial charge in [0.05, 0.1) is 12.2 Å². The number of aliphatic hydroxyl groups excluding tert-OH is 4. The van der Waals surface area contributed by atoms with Crippen LogP contribution in [0.3, 0.4) is 0 Å². The lowest BCUT2D eigenvalue weighted by atomic mass is 9.83. The Morgan fingerprint density at radius 1 is 0.821 bits per heavy atom. The van der Waals surface area contributed by atoms with Crippen molar-refractivity contribution in [3.8, 4) is 5.75 Å². The van der Waals surface area contributed by atoms with Crippen LogP contribution in [0.15, 0.2) is 42.5 Å². The Labute approximate surface area is 159 Å². The Morgan fingerprint density at radius 3 is 2.14 bits per heavy atom. The van der Waals surface area contributed by atoms with Gasteiger partial charge in [0.25, 0.3) is 0 Å². The number of carbonyl (C=O) groups is 2. The highest BCUT2D eigenvalue weighted by Crippen LogP contribution is 2.35. The molecule has 0 amide bonds. The number of ether oxygens (including phenoxy) is 2. The second-order valence-electron chi connectivity index (χ2n) is 6.70. The number of hydrogen-bond acceptors (Lipinski definition) is 8. The SMILES string of the molecule is O=C1c2ccccc2C(=O)c2c(OC3O[C@H](CO)[C@@H](O)[C@H](O)[C@H]3O)cccc21. The average Bonchev–Trinajstić information content (AvgIpc) is 2.72. The average molecular weight is 386 g/mol. The number of rotatable bonds is 3. The van der Waals surface area contributed by atoms with Crippen molar-refractivity contribution in [3.63, 3.8) is 0 Å². The summed E-state index contributed by atoms with van der Waals surface area (Å²) in [5.41, 5.74) is 0.726. The first-order chi connectivity index (χ1) is 13.4. The van der Waals surface area contributed by atoms with E-state index in [0.717, 1.165) is 0 Å². The van der Waals surface area contributed by atoms with Crippen LogP contribution in [0.2, 0.25) is 0 Å². The third kappa shape index (κ3) is 2.83. The predicted octanol–water partition coefficient (Wildman–Crippen LogP) is -0.359. The fourth-order valence-electron chi connectivity index (χ4n) is 3.50. The Morgan fingerprint density at radius 2 is 1.46 bits per heavy atom. The van der Waals surface area contributed by atoms with Gasteiger partial charge in [-0.25, -0.2) is 0 Å². The monoisotopic (exact) mass is 386 g/mol. The number of aliphatic hydroxyl groups is 4. The topological polar surface area (TPSA) is 134 Å². The zero-order valence-corrected chi connectivity index (χ0v) is 14.6. The lowest BCUT2D eigenvalue weighted by Crippen LogP contribution is -2.60. The highest BCUT2D eigenvalue weighted by Gasteiger charge is 2.45. The van der Waals surface area contributed by atoms with E-state index in [1.54, 1.807) is 24.3 Å². The number of fused-ring (bicyclic) bond motifs is 2. The third-order valence-corrected chi connectivity index (χ3v) is 5.01. The van der Waals surface area contributed by atoms with Gasteiger partial charge < -0.3 is 29.9 Å². The normalized spacial score (nSPS) is 29.2. The summed E-state index contributed by atoms with van der Waals surface area (Å²) < 4.78 is 11.0. The largest absolute Gasteiger partial charge is 0.461 e. The van der Waals surface area contributed by atoms with Crippen molar-refractivity contribution < 1.29 is 39.5 Å². The molecule has 1 fully saturated rings. The van der Waals surface area contributed by atoms with Crippen molar-refractivity contribution in [1.29, 1.82) is 0 Å². The summed E-state index contributed by atoms with van der Waals surface area (Å²) in [5, 5.41) is 39.3. The molecule has 0 radical (unpaired) electrons. The summed E-state index contributed by atoms with van der Waals surface area (Å²) in [6, 6.07) is 10.9. The van der Waals surface area contributed by atoms with Crippen molar-refractivity contribution in [2.75, 3.05) is 6.61 Å². The van der Waals surface area contributed by atoms with Crippen LogP contribution in [0, 0.1) is 0 Å². The summed E-state index contributed by atoms with van der Waals surface area (Å²) in [5.74, 6) is -0.746. The molecule has 28 heavy (non-hydrogen) atoms. The number of benzene rings is 2. The number of ketones is 2. The molecule has 8 heteroatoms. The van der Waals surface area contributed by atoms with Crippen LogP contribution < -0.4 is 4.74 Å². The van der Waals surface area contributed by atoms with Gasteiger partial charge in [0.2, 0.25) is 6.29 Å². The Hall–Kier alpha value is -2.62. The first kappa shape index (κ1) is 18.7. The molecule has 2 aromatic rings. The van der Waals surface area contributed by atoms with Gasteiger partial charge in [0, 0.05) is 16.7 Å². The highest BCUT2D eigenvalue weighted by atomic mass is 16.7. The lowest BCUT2D eigenvalue weighted by molar-refractivity contribution is -0.277.